The molecular formula is C8H14ClN3O. The van der Waals surface area contributed by atoms with Crippen LogP contribution < -0.4 is 5.32 Å². The molecule has 0 radical (unpaired) electrons. The molecule has 1 N–H and O–H groups in total. The first kappa shape index (κ1) is 10.5. The van der Waals surface area contributed by atoms with Gasteiger partial charge in [0.1, 0.15) is 0 Å². The van der Waals surface area contributed by atoms with Crippen LogP contribution in [0.15, 0.2) is 18.5 Å². The van der Waals surface area contributed by atoms with Crippen LogP contribution in [-0.2, 0) is 4.74 Å². The molecule has 1 aliphatic rings. The van der Waals surface area contributed by atoms with Crippen LogP contribution in [0.1, 0.15) is 6.04 Å². The van der Waals surface area contributed by atoms with E-state index in [2.05, 4.69) is 10.4 Å². The number of hydrogen-bond donors (Lipinski definition) is 1. The predicted octanol–water partition coefficient (Wildman–Crippen LogP) is 0.466. The quantitative estimate of drug-likeness (QED) is 0.721. The number of halogens is 1. The van der Waals surface area contributed by atoms with Gasteiger partial charge < -0.3 is 10.1 Å². The Morgan fingerprint density at radius 3 is 3.23 bits per heavy atom. The van der Waals surface area contributed by atoms with E-state index in [0.717, 1.165) is 26.3 Å². The second kappa shape index (κ2) is 5.21. The van der Waals surface area contributed by atoms with E-state index in [4.69, 9.17) is 4.74 Å². The number of nitrogens with one attached hydrogen (secondary N) is 1. The average Bonchev–Trinajstić information content (AvgIpc) is 2.48. The fourth-order valence-electron chi connectivity index (χ4n) is 1.36. The minimum absolute atomic E-state index is 0. The highest BCUT2D eigenvalue weighted by molar-refractivity contribution is 5.85. The van der Waals surface area contributed by atoms with Crippen molar-refractivity contribution in [2.75, 3.05) is 26.3 Å². The normalized spacial score (nSPS) is 23.2. The van der Waals surface area contributed by atoms with Crippen LogP contribution >= 0.6 is 12.4 Å². The molecule has 0 spiro atoms. The van der Waals surface area contributed by atoms with Crippen molar-refractivity contribution >= 4 is 12.4 Å². The Morgan fingerprint density at radius 1 is 1.54 bits per heavy atom. The van der Waals surface area contributed by atoms with Crippen molar-refractivity contribution in [3.8, 4) is 0 Å². The topological polar surface area (TPSA) is 39.1 Å². The van der Waals surface area contributed by atoms with Crippen molar-refractivity contribution in [3.63, 3.8) is 0 Å². The number of rotatable bonds is 1. The van der Waals surface area contributed by atoms with E-state index in [9.17, 15) is 0 Å². The summed E-state index contributed by atoms with van der Waals surface area (Å²) in [6, 6.07) is 2.28. The highest BCUT2D eigenvalue weighted by atomic mass is 35.5. The summed E-state index contributed by atoms with van der Waals surface area (Å²) in [4.78, 5) is 0. The van der Waals surface area contributed by atoms with E-state index in [-0.39, 0.29) is 12.4 Å². The molecule has 0 unspecified atom stereocenters. The molecule has 1 aromatic heterocycles. The summed E-state index contributed by atoms with van der Waals surface area (Å²) in [7, 11) is 0. The molecule has 0 aromatic carbocycles. The van der Waals surface area contributed by atoms with E-state index >= 15 is 0 Å². The lowest BCUT2D eigenvalue weighted by atomic mass is 10.3. The van der Waals surface area contributed by atoms with E-state index in [1.807, 2.05) is 16.9 Å². The van der Waals surface area contributed by atoms with Crippen molar-refractivity contribution in [2.45, 2.75) is 6.04 Å². The molecule has 4 nitrogen and oxygen atoms in total. The number of aromatic nitrogens is 2. The maximum Gasteiger partial charge on any atom is 0.0876 e. The number of nitrogens with zero attached hydrogens (tertiary/aromatic N) is 2. The van der Waals surface area contributed by atoms with Crippen LogP contribution in [0.5, 0.6) is 0 Å². The summed E-state index contributed by atoms with van der Waals surface area (Å²) in [5, 5.41) is 7.48. The Kier molecular flexibility index (Phi) is 4.21. The largest absolute Gasteiger partial charge is 0.378 e. The lowest BCUT2D eigenvalue weighted by Gasteiger charge is -2.13. The van der Waals surface area contributed by atoms with Gasteiger partial charge in [-0.15, -0.1) is 12.4 Å². The van der Waals surface area contributed by atoms with Crippen LogP contribution in [0.2, 0.25) is 0 Å². The van der Waals surface area contributed by atoms with Gasteiger partial charge in [0, 0.05) is 25.5 Å². The fourth-order valence-corrected chi connectivity index (χ4v) is 1.36. The zero-order chi connectivity index (χ0) is 8.23. The van der Waals surface area contributed by atoms with Gasteiger partial charge in [-0.2, -0.15) is 5.10 Å². The Morgan fingerprint density at radius 2 is 2.46 bits per heavy atom. The molecule has 74 valence electrons. The van der Waals surface area contributed by atoms with E-state index in [0.29, 0.717) is 6.04 Å². The van der Waals surface area contributed by atoms with Crippen molar-refractivity contribution in [3.05, 3.63) is 18.5 Å². The van der Waals surface area contributed by atoms with Crippen LogP contribution in [0.4, 0.5) is 0 Å². The molecule has 1 atom stereocenters. The van der Waals surface area contributed by atoms with E-state index in [1.165, 1.54) is 0 Å². The van der Waals surface area contributed by atoms with Crippen molar-refractivity contribution in [1.82, 2.24) is 15.1 Å². The first-order valence-electron chi connectivity index (χ1n) is 4.24. The maximum absolute atomic E-state index is 5.41. The second-order valence-corrected chi connectivity index (χ2v) is 2.92. The minimum Gasteiger partial charge on any atom is -0.378 e. The highest BCUT2D eigenvalue weighted by Crippen LogP contribution is 2.05. The van der Waals surface area contributed by atoms with E-state index < -0.39 is 0 Å². The van der Waals surface area contributed by atoms with E-state index in [1.54, 1.807) is 6.20 Å². The Labute approximate surface area is 83.7 Å². The molecular weight excluding hydrogens is 190 g/mol. The van der Waals surface area contributed by atoms with Gasteiger partial charge in [-0.3, -0.25) is 4.68 Å². The number of hydrogen-bond acceptors (Lipinski definition) is 3. The van der Waals surface area contributed by atoms with Crippen molar-refractivity contribution in [1.29, 1.82) is 0 Å². The van der Waals surface area contributed by atoms with Gasteiger partial charge in [-0.05, 0) is 6.07 Å². The van der Waals surface area contributed by atoms with Gasteiger partial charge >= 0.3 is 0 Å². The summed E-state index contributed by atoms with van der Waals surface area (Å²) in [5.74, 6) is 0. The van der Waals surface area contributed by atoms with Crippen molar-refractivity contribution < 1.29 is 4.74 Å². The lowest BCUT2D eigenvalue weighted by molar-refractivity contribution is 0.122. The second-order valence-electron chi connectivity index (χ2n) is 2.92. The first-order valence-corrected chi connectivity index (χ1v) is 4.24. The van der Waals surface area contributed by atoms with Gasteiger partial charge in [0.2, 0.25) is 0 Å². The average molecular weight is 204 g/mol. The summed E-state index contributed by atoms with van der Waals surface area (Å²) < 4.78 is 7.35. The fraction of sp³-hybridized carbons (Fsp3) is 0.625. The first-order chi connectivity index (χ1) is 5.97. The monoisotopic (exact) mass is 203 g/mol. The van der Waals surface area contributed by atoms with Crippen molar-refractivity contribution in [2.24, 2.45) is 0 Å². The van der Waals surface area contributed by atoms with Gasteiger partial charge in [0.05, 0.1) is 19.3 Å². The molecule has 1 saturated heterocycles. The Hall–Kier alpha value is -0.580. The van der Waals surface area contributed by atoms with Gasteiger partial charge in [-0.1, -0.05) is 0 Å². The van der Waals surface area contributed by atoms with Gasteiger partial charge in [0.25, 0.3) is 0 Å². The Bertz CT molecular complexity index is 219. The zero-order valence-corrected chi connectivity index (χ0v) is 8.17. The van der Waals surface area contributed by atoms with Gasteiger partial charge in [0.15, 0.2) is 0 Å². The molecule has 5 heteroatoms. The van der Waals surface area contributed by atoms with Gasteiger partial charge in [-0.25, -0.2) is 0 Å². The molecule has 0 aliphatic carbocycles. The molecule has 1 aliphatic heterocycles. The SMILES string of the molecule is Cl.c1cnn([C@@H]2CNCCOC2)c1. The minimum atomic E-state index is 0. The summed E-state index contributed by atoms with van der Waals surface area (Å²) in [5.41, 5.74) is 0. The predicted molar refractivity (Wildman–Crippen MR) is 52.2 cm³/mol. The van der Waals surface area contributed by atoms with Crippen LogP contribution in [0.25, 0.3) is 0 Å². The molecule has 13 heavy (non-hydrogen) atoms. The molecule has 1 fully saturated rings. The number of ether oxygens (including phenoxy) is 1. The third-order valence-corrected chi connectivity index (χ3v) is 2.01. The third-order valence-electron chi connectivity index (χ3n) is 2.01. The molecule has 0 saturated carbocycles. The molecule has 0 bridgehead atoms. The highest BCUT2D eigenvalue weighted by Gasteiger charge is 2.13. The zero-order valence-electron chi connectivity index (χ0n) is 7.35. The van der Waals surface area contributed by atoms with Crippen LogP contribution in [0.3, 0.4) is 0 Å². The third kappa shape index (κ3) is 2.69. The molecule has 0 amide bonds. The summed E-state index contributed by atoms with van der Waals surface area (Å²) in [6.45, 7) is 3.45. The van der Waals surface area contributed by atoms with Crippen LogP contribution in [-0.4, -0.2) is 36.1 Å². The summed E-state index contributed by atoms with van der Waals surface area (Å²) >= 11 is 0. The molecule has 2 heterocycles. The molecule has 2 rings (SSSR count). The lowest BCUT2D eigenvalue weighted by Crippen LogP contribution is -2.25. The maximum atomic E-state index is 5.41. The smallest absolute Gasteiger partial charge is 0.0876 e. The Balaban J connectivity index is 0.000000845. The van der Waals surface area contributed by atoms with Crippen LogP contribution in [0, 0.1) is 0 Å². The molecule has 1 aromatic rings. The summed E-state index contributed by atoms with van der Waals surface area (Å²) in [6.07, 6.45) is 3.77. The standard InChI is InChI=1S/C8H13N3O.ClH/c1-2-10-11(4-1)8-6-9-3-5-12-7-8;/h1-2,4,8-9H,3,5-7H2;1H/t8-;/m1./s1.